The molecule has 4 heteroatoms. The molecule has 4 N–H and O–H groups in total. The molecule has 0 amide bonds. The molecule has 1 unspecified atom stereocenters. The minimum absolute atomic E-state index is 0.469. The van der Waals surface area contributed by atoms with E-state index in [4.69, 9.17) is 5.73 Å². The third-order valence-corrected chi connectivity index (χ3v) is 4.59. The molecule has 0 saturated carbocycles. The second-order valence-electron chi connectivity index (χ2n) is 6.63. The summed E-state index contributed by atoms with van der Waals surface area (Å²) in [7, 11) is 0. The van der Waals surface area contributed by atoms with Gasteiger partial charge in [-0.25, -0.2) is 4.98 Å². The number of fused-ring (bicyclic) bond motifs is 1. The fourth-order valence-corrected chi connectivity index (χ4v) is 3.31. The van der Waals surface area contributed by atoms with Crippen LogP contribution in [0.4, 0.5) is 0 Å². The maximum Gasteiger partial charge on any atom is 0.0921 e. The largest absolute Gasteiger partial charge is 0.405 e. The van der Waals surface area contributed by atoms with Crippen LogP contribution in [0.5, 0.6) is 0 Å². The van der Waals surface area contributed by atoms with Gasteiger partial charge in [-0.2, -0.15) is 0 Å². The number of aromatic nitrogens is 2. The second-order valence-corrected chi connectivity index (χ2v) is 6.63. The van der Waals surface area contributed by atoms with Gasteiger partial charge in [0, 0.05) is 36.1 Å². The Hall–Kier alpha value is -2.75. The first kappa shape index (κ1) is 17.1. The topological polar surface area (TPSA) is 66.7 Å². The third kappa shape index (κ3) is 4.21. The number of imidazole rings is 1. The van der Waals surface area contributed by atoms with Crippen molar-refractivity contribution < 1.29 is 0 Å². The van der Waals surface area contributed by atoms with E-state index >= 15 is 0 Å². The predicted molar refractivity (Wildman–Crippen MR) is 104 cm³/mol. The highest BCUT2D eigenvalue weighted by Crippen LogP contribution is 2.34. The van der Waals surface area contributed by atoms with Gasteiger partial charge in [-0.1, -0.05) is 30.7 Å². The van der Waals surface area contributed by atoms with Crippen molar-refractivity contribution in [2.75, 3.05) is 6.54 Å². The summed E-state index contributed by atoms with van der Waals surface area (Å²) in [6.45, 7) is 5.29. The maximum atomic E-state index is 5.52. The van der Waals surface area contributed by atoms with Crippen LogP contribution in [0.1, 0.15) is 41.6 Å². The molecule has 4 nitrogen and oxygen atoms in total. The molecule has 0 saturated heterocycles. The Kier molecular flexibility index (Phi) is 5.39. The Bertz CT molecular complexity index is 797. The first-order valence-electron chi connectivity index (χ1n) is 8.78. The lowest BCUT2D eigenvalue weighted by Gasteiger charge is -2.17. The summed E-state index contributed by atoms with van der Waals surface area (Å²) in [6.07, 6.45) is 13.4. The molecule has 1 aliphatic rings. The first-order valence-corrected chi connectivity index (χ1v) is 8.78. The average molecular weight is 334 g/mol. The molecule has 0 spiro atoms. The molecule has 2 aromatic rings. The quantitative estimate of drug-likeness (QED) is 0.779. The van der Waals surface area contributed by atoms with Crippen molar-refractivity contribution in [1.82, 2.24) is 15.3 Å². The van der Waals surface area contributed by atoms with E-state index in [0.717, 1.165) is 25.1 Å². The Labute approximate surface area is 149 Å². The summed E-state index contributed by atoms with van der Waals surface area (Å²) in [4.78, 5) is 7.23. The van der Waals surface area contributed by atoms with Crippen molar-refractivity contribution in [3.63, 3.8) is 0 Å². The molecular formula is C21H26N4. The SMILES string of the molecule is Cc1ccc2c(c1)C(NCCc1cnc[nH]1)=C/C(=C/C=C\N)CC2C. The fourth-order valence-electron chi connectivity index (χ4n) is 3.31. The highest BCUT2D eigenvalue weighted by Gasteiger charge is 2.19. The molecule has 0 bridgehead atoms. The van der Waals surface area contributed by atoms with Gasteiger partial charge in [0.1, 0.15) is 0 Å². The number of nitrogens with zero attached hydrogens (tertiary/aromatic N) is 1. The van der Waals surface area contributed by atoms with Gasteiger partial charge in [0.25, 0.3) is 0 Å². The van der Waals surface area contributed by atoms with E-state index in [2.05, 4.69) is 59.5 Å². The van der Waals surface area contributed by atoms with E-state index in [1.807, 2.05) is 12.3 Å². The summed E-state index contributed by atoms with van der Waals surface area (Å²) in [5.74, 6) is 0.469. The zero-order valence-electron chi connectivity index (χ0n) is 14.9. The molecule has 0 aliphatic heterocycles. The first-order chi connectivity index (χ1) is 12.2. The molecule has 1 aromatic heterocycles. The number of H-pyrrole nitrogens is 1. The van der Waals surface area contributed by atoms with Crippen molar-refractivity contribution in [3.8, 4) is 0 Å². The predicted octanol–water partition coefficient (Wildman–Crippen LogP) is 3.80. The molecule has 0 fully saturated rings. The highest BCUT2D eigenvalue weighted by molar-refractivity contribution is 5.72. The lowest BCUT2D eigenvalue weighted by molar-refractivity contribution is 0.764. The van der Waals surface area contributed by atoms with Gasteiger partial charge in [-0.05, 0) is 54.8 Å². The number of rotatable bonds is 5. The van der Waals surface area contributed by atoms with E-state index in [9.17, 15) is 0 Å². The van der Waals surface area contributed by atoms with Crippen molar-refractivity contribution in [2.24, 2.45) is 5.73 Å². The van der Waals surface area contributed by atoms with Gasteiger partial charge in [0.2, 0.25) is 0 Å². The van der Waals surface area contributed by atoms with Crippen LogP contribution in [-0.4, -0.2) is 16.5 Å². The van der Waals surface area contributed by atoms with Crippen LogP contribution in [0, 0.1) is 6.92 Å². The molecule has 1 aromatic carbocycles. The fraction of sp³-hybridized carbons (Fsp3) is 0.286. The average Bonchev–Trinajstić information content (AvgIpc) is 3.07. The van der Waals surface area contributed by atoms with E-state index in [1.54, 1.807) is 12.5 Å². The molecule has 1 aliphatic carbocycles. The Balaban J connectivity index is 1.89. The van der Waals surface area contributed by atoms with Crippen molar-refractivity contribution in [3.05, 3.63) is 83.1 Å². The smallest absolute Gasteiger partial charge is 0.0921 e. The summed E-state index contributed by atoms with van der Waals surface area (Å²) in [5, 5.41) is 3.63. The van der Waals surface area contributed by atoms with Crippen LogP contribution in [0.15, 0.2) is 60.7 Å². The van der Waals surface area contributed by atoms with E-state index < -0.39 is 0 Å². The Morgan fingerprint density at radius 3 is 3.04 bits per heavy atom. The van der Waals surface area contributed by atoms with Gasteiger partial charge < -0.3 is 16.0 Å². The van der Waals surface area contributed by atoms with Gasteiger partial charge >= 0.3 is 0 Å². The number of aromatic amines is 1. The molecular weight excluding hydrogens is 308 g/mol. The van der Waals surface area contributed by atoms with E-state index in [0.29, 0.717) is 5.92 Å². The highest BCUT2D eigenvalue weighted by atomic mass is 14.9. The Morgan fingerprint density at radius 1 is 1.40 bits per heavy atom. The van der Waals surface area contributed by atoms with Gasteiger partial charge in [-0.3, -0.25) is 0 Å². The summed E-state index contributed by atoms with van der Waals surface area (Å²) in [5.41, 5.74) is 13.1. The number of allylic oxidation sites excluding steroid dienone is 4. The number of benzene rings is 1. The minimum atomic E-state index is 0.469. The molecule has 25 heavy (non-hydrogen) atoms. The zero-order chi connectivity index (χ0) is 17.6. The Morgan fingerprint density at radius 2 is 2.28 bits per heavy atom. The van der Waals surface area contributed by atoms with Crippen LogP contribution >= 0.6 is 0 Å². The molecule has 1 heterocycles. The standard InChI is InChI=1S/C21H26N4/c1-15-5-6-19-16(2)11-17(4-3-8-22)12-21(20(19)10-15)24-9-7-18-13-23-14-25-18/h3-6,8,10,12-14,16,24H,7,9,11,22H2,1-2H3,(H,23,25)/b8-3-,17-4+. The minimum Gasteiger partial charge on any atom is -0.405 e. The summed E-state index contributed by atoms with van der Waals surface area (Å²) < 4.78 is 0. The normalized spacial score (nSPS) is 18.9. The van der Waals surface area contributed by atoms with Gasteiger partial charge in [-0.15, -0.1) is 0 Å². The lowest BCUT2D eigenvalue weighted by Crippen LogP contribution is -2.17. The second kappa shape index (κ2) is 7.88. The zero-order valence-corrected chi connectivity index (χ0v) is 14.9. The molecule has 130 valence electrons. The van der Waals surface area contributed by atoms with Crippen LogP contribution < -0.4 is 11.1 Å². The van der Waals surface area contributed by atoms with Crippen LogP contribution in [-0.2, 0) is 6.42 Å². The third-order valence-electron chi connectivity index (χ3n) is 4.59. The van der Waals surface area contributed by atoms with Crippen molar-refractivity contribution in [2.45, 2.75) is 32.6 Å². The van der Waals surface area contributed by atoms with Crippen LogP contribution in [0.2, 0.25) is 0 Å². The molecule has 0 radical (unpaired) electrons. The van der Waals surface area contributed by atoms with Crippen molar-refractivity contribution >= 4 is 5.70 Å². The number of aryl methyl sites for hydroxylation is 1. The van der Waals surface area contributed by atoms with Crippen molar-refractivity contribution in [1.29, 1.82) is 0 Å². The number of nitrogens with two attached hydrogens (primary N) is 1. The maximum absolute atomic E-state index is 5.52. The van der Waals surface area contributed by atoms with Gasteiger partial charge in [0.05, 0.1) is 6.33 Å². The molecule has 1 atom stereocenters. The number of nitrogens with one attached hydrogen (secondary N) is 2. The number of hydrogen-bond acceptors (Lipinski definition) is 3. The van der Waals surface area contributed by atoms with Crippen LogP contribution in [0.3, 0.4) is 0 Å². The van der Waals surface area contributed by atoms with Gasteiger partial charge in [0.15, 0.2) is 0 Å². The van der Waals surface area contributed by atoms with Crippen LogP contribution in [0.25, 0.3) is 5.70 Å². The molecule has 3 rings (SSSR count). The summed E-state index contributed by atoms with van der Waals surface area (Å²) >= 11 is 0. The lowest BCUT2D eigenvalue weighted by atomic mass is 9.91. The monoisotopic (exact) mass is 334 g/mol. The van der Waals surface area contributed by atoms with E-state index in [-0.39, 0.29) is 0 Å². The number of hydrogen-bond donors (Lipinski definition) is 3. The van der Waals surface area contributed by atoms with E-state index in [1.165, 1.54) is 28.0 Å². The summed E-state index contributed by atoms with van der Waals surface area (Å²) in [6, 6.07) is 6.75.